The average molecular weight is 315 g/mol. The Labute approximate surface area is 117 Å². The first-order chi connectivity index (χ1) is 9.66. The molecule has 1 aliphatic rings. The van der Waals surface area contributed by atoms with Gasteiger partial charge in [0, 0.05) is 0 Å². The van der Waals surface area contributed by atoms with Crippen LogP contribution in [0.2, 0.25) is 0 Å². The molecule has 0 fully saturated rings. The number of hydrogen-bond acceptors (Lipinski definition) is 4. The number of ether oxygens (including phenoxy) is 1. The molecule has 2 unspecified atom stereocenters. The van der Waals surface area contributed by atoms with Crippen LogP contribution in [0.3, 0.4) is 0 Å². The Bertz CT molecular complexity index is 478. The number of carbonyl (C=O) groups is 1. The minimum atomic E-state index is -3.07. The minimum Gasteiger partial charge on any atom is -0.462 e. The summed E-state index contributed by atoms with van der Waals surface area (Å²) >= 11 is 0. The second-order valence-electron chi connectivity index (χ2n) is 4.57. The van der Waals surface area contributed by atoms with Gasteiger partial charge >= 0.3 is 5.97 Å². The third-order valence-electron chi connectivity index (χ3n) is 2.41. The standard InChI is InChI=1S/C12H14F5NO3/c1-4(2)20-12(19)5(3)18-21-11-9(16)7(14)6(13)8(15)10(11)17/h4-7,18H,1-3H3/t5-,6?,7?/m0/s1. The van der Waals surface area contributed by atoms with Crippen molar-refractivity contribution in [3.63, 3.8) is 0 Å². The number of esters is 1. The maximum absolute atomic E-state index is 13.3. The van der Waals surface area contributed by atoms with Crippen LogP contribution in [0.4, 0.5) is 22.0 Å². The third-order valence-corrected chi connectivity index (χ3v) is 2.41. The zero-order valence-electron chi connectivity index (χ0n) is 11.4. The minimum absolute atomic E-state index is 0.441. The summed E-state index contributed by atoms with van der Waals surface area (Å²) in [7, 11) is 0. The molecular weight excluding hydrogens is 301 g/mol. The van der Waals surface area contributed by atoms with E-state index in [1.165, 1.54) is 6.92 Å². The van der Waals surface area contributed by atoms with Gasteiger partial charge < -0.3 is 9.57 Å². The van der Waals surface area contributed by atoms with Crippen molar-refractivity contribution in [3.8, 4) is 0 Å². The van der Waals surface area contributed by atoms with Gasteiger partial charge in [-0.2, -0.15) is 4.39 Å². The quantitative estimate of drug-likeness (QED) is 0.481. The molecular formula is C12H14F5NO3. The van der Waals surface area contributed by atoms with Crippen LogP contribution in [0, 0.1) is 0 Å². The van der Waals surface area contributed by atoms with E-state index < -0.39 is 53.7 Å². The Balaban J connectivity index is 2.76. The van der Waals surface area contributed by atoms with E-state index in [2.05, 4.69) is 4.84 Å². The summed E-state index contributed by atoms with van der Waals surface area (Å²) in [5.74, 6) is -8.35. The molecule has 1 aliphatic carbocycles. The van der Waals surface area contributed by atoms with Gasteiger partial charge in [-0.15, -0.1) is 5.48 Å². The fourth-order valence-corrected chi connectivity index (χ4v) is 1.34. The summed E-state index contributed by atoms with van der Waals surface area (Å²) in [6, 6.07) is -1.18. The summed E-state index contributed by atoms with van der Waals surface area (Å²) in [5.41, 5.74) is 1.87. The van der Waals surface area contributed by atoms with Gasteiger partial charge in [0.1, 0.15) is 6.04 Å². The summed E-state index contributed by atoms with van der Waals surface area (Å²) in [6.07, 6.45) is -6.52. The van der Waals surface area contributed by atoms with Gasteiger partial charge in [-0.1, -0.05) is 0 Å². The number of alkyl halides is 2. The number of carbonyl (C=O) groups excluding carboxylic acids is 1. The number of halogens is 5. The van der Waals surface area contributed by atoms with Crippen molar-refractivity contribution in [1.82, 2.24) is 5.48 Å². The van der Waals surface area contributed by atoms with Gasteiger partial charge in [0.15, 0.2) is 24.0 Å². The Morgan fingerprint density at radius 3 is 2.14 bits per heavy atom. The first-order valence-electron chi connectivity index (χ1n) is 6.03. The second kappa shape index (κ2) is 6.88. The average Bonchev–Trinajstić information content (AvgIpc) is 2.42. The summed E-state index contributed by atoms with van der Waals surface area (Å²) in [5, 5.41) is 0. The van der Waals surface area contributed by atoms with E-state index in [0.717, 1.165) is 0 Å². The molecule has 3 atom stereocenters. The maximum Gasteiger partial charge on any atom is 0.326 e. The van der Waals surface area contributed by atoms with Gasteiger partial charge in [-0.05, 0) is 20.8 Å². The molecule has 9 heteroatoms. The second-order valence-corrected chi connectivity index (χ2v) is 4.57. The van der Waals surface area contributed by atoms with Gasteiger partial charge in [0.2, 0.25) is 11.6 Å². The van der Waals surface area contributed by atoms with E-state index in [1.54, 1.807) is 13.8 Å². The third kappa shape index (κ3) is 3.93. The van der Waals surface area contributed by atoms with Crippen LogP contribution in [-0.4, -0.2) is 30.5 Å². The molecule has 1 rings (SSSR count). The van der Waals surface area contributed by atoms with Crippen LogP contribution in [0.1, 0.15) is 20.8 Å². The molecule has 0 aromatic carbocycles. The molecule has 0 bridgehead atoms. The van der Waals surface area contributed by atoms with Crippen LogP contribution in [-0.2, 0) is 14.4 Å². The Morgan fingerprint density at radius 2 is 1.62 bits per heavy atom. The Kier molecular flexibility index (Phi) is 5.70. The van der Waals surface area contributed by atoms with Crippen molar-refractivity contribution in [2.75, 3.05) is 0 Å². The van der Waals surface area contributed by atoms with Gasteiger partial charge in [0.25, 0.3) is 0 Å². The normalized spacial score (nSPS) is 24.4. The molecule has 0 spiro atoms. The van der Waals surface area contributed by atoms with E-state index in [1.807, 2.05) is 5.48 Å². The highest BCUT2D eigenvalue weighted by Crippen LogP contribution is 2.36. The van der Waals surface area contributed by atoms with E-state index in [0.29, 0.717) is 0 Å². The fourth-order valence-electron chi connectivity index (χ4n) is 1.34. The van der Waals surface area contributed by atoms with Crippen molar-refractivity contribution in [2.45, 2.75) is 45.3 Å². The molecule has 0 aliphatic heterocycles. The van der Waals surface area contributed by atoms with Crippen molar-refractivity contribution >= 4 is 5.97 Å². The number of hydroxylamine groups is 1. The molecule has 0 saturated heterocycles. The van der Waals surface area contributed by atoms with E-state index in [-0.39, 0.29) is 0 Å². The summed E-state index contributed by atoms with van der Waals surface area (Å²) in [6.45, 7) is 4.37. The van der Waals surface area contributed by atoms with Gasteiger partial charge in [0.05, 0.1) is 6.10 Å². The van der Waals surface area contributed by atoms with Crippen molar-refractivity contribution in [1.29, 1.82) is 0 Å². The molecule has 0 amide bonds. The van der Waals surface area contributed by atoms with Crippen molar-refractivity contribution < 1.29 is 36.3 Å². The lowest BCUT2D eigenvalue weighted by Gasteiger charge is -2.21. The van der Waals surface area contributed by atoms with Crippen LogP contribution in [0.25, 0.3) is 0 Å². The lowest BCUT2D eigenvalue weighted by Crippen LogP contribution is -2.37. The molecule has 4 nitrogen and oxygen atoms in total. The molecule has 0 aromatic heterocycles. The molecule has 0 heterocycles. The summed E-state index contributed by atoms with van der Waals surface area (Å²) < 4.78 is 70.3. The summed E-state index contributed by atoms with van der Waals surface area (Å²) in [4.78, 5) is 15.7. The number of hydrogen-bond donors (Lipinski definition) is 1. The first kappa shape index (κ1) is 17.4. The SMILES string of the molecule is CC(C)OC(=O)[C@H](C)NOC1=C(F)C(F)C(F)C(F)=C1F. The Hall–Kier alpha value is -1.64. The molecule has 0 radical (unpaired) electrons. The predicted molar refractivity (Wildman–Crippen MR) is 62.1 cm³/mol. The number of nitrogens with one attached hydrogen (secondary N) is 1. The highest BCUT2D eigenvalue weighted by molar-refractivity contribution is 5.75. The van der Waals surface area contributed by atoms with Crippen molar-refractivity contribution in [3.05, 3.63) is 23.2 Å². The fraction of sp³-hybridized carbons (Fsp3) is 0.583. The van der Waals surface area contributed by atoms with Crippen molar-refractivity contribution in [2.24, 2.45) is 0 Å². The van der Waals surface area contributed by atoms with Crippen LogP contribution in [0.5, 0.6) is 0 Å². The topological polar surface area (TPSA) is 47.6 Å². The Morgan fingerprint density at radius 1 is 1.10 bits per heavy atom. The maximum atomic E-state index is 13.3. The van der Waals surface area contributed by atoms with E-state index in [9.17, 15) is 26.7 Å². The first-order valence-corrected chi connectivity index (χ1v) is 6.03. The lowest BCUT2D eigenvalue weighted by atomic mass is 10.1. The number of allylic oxidation sites excluding steroid dienone is 3. The predicted octanol–water partition coefficient (Wildman–Crippen LogP) is 2.87. The molecule has 21 heavy (non-hydrogen) atoms. The smallest absolute Gasteiger partial charge is 0.326 e. The van der Waals surface area contributed by atoms with Crippen LogP contribution in [0.15, 0.2) is 23.2 Å². The zero-order valence-corrected chi connectivity index (χ0v) is 11.4. The molecule has 120 valence electrons. The van der Waals surface area contributed by atoms with Gasteiger partial charge in [-0.3, -0.25) is 4.79 Å². The monoisotopic (exact) mass is 315 g/mol. The molecule has 1 N–H and O–H groups in total. The molecule has 0 saturated carbocycles. The lowest BCUT2D eigenvalue weighted by molar-refractivity contribution is -0.152. The zero-order chi connectivity index (χ0) is 16.3. The number of rotatable bonds is 5. The molecule has 0 aromatic rings. The highest BCUT2D eigenvalue weighted by atomic mass is 19.2. The largest absolute Gasteiger partial charge is 0.462 e. The van der Waals surface area contributed by atoms with Crippen LogP contribution >= 0.6 is 0 Å². The van der Waals surface area contributed by atoms with Crippen LogP contribution < -0.4 is 5.48 Å². The van der Waals surface area contributed by atoms with E-state index in [4.69, 9.17) is 4.74 Å². The van der Waals surface area contributed by atoms with E-state index >= 15 is 0 Å². The van der Waals surface area contributed by atoms with Gasteiger partial charge in [-0.25, -0.2) is 17.6 Å². The highest BCUT2D eigenvalue weighted by Gasteiger charge is 2.41.